The number of carbonyl (C=O) groups excluding carboxylic acids is 1. The standard InChI is InChI=1S/C15H13IN2O3/c1-9-4-2-7-12(14(19)20)13(9)18-15(21)17-11-6-3-5-10(16)8-11/h2-8H,1H3,(H,19,20)(H2,17,18,21). The van der Waals surface area contributed by atoms with E-state index in [1.807, 2.05) is 18.2 Å². The summed E-state index contributed by atoms with van der Waals surface area (Å²) < 4.78 is 0.993. The molecule has 2 aromatic rings. The minimum Gasteiger partial charge on any atom is -0.478 e. The highest BCUT2D eigenvalue weighted by Gasteiger charge is 2.14. The summed E-state index contributed by atoms with van der Waals surface area (Å²) in [5.41, 5.74) is 1.69. The first-order chi connectivity index (χ1) is 9.97. The van der Waals surface area contributed by atoms with Crippen molar-refractivity contribution >= 4 is 46.0 Å². The number of para-hydroxylation sites is 1. The maximum atomic E-state index is 12.0. The molecular weight excluding hydrogens is 383 g/mol. The van der Waals surface area contributed by atoms with Gasteiger partial charge in [0.15, 0.2) is 0 Å². The Balaban J connectivity index is 2.18. The molecule has 0 saturated heterocycles. The van der Waals surface area contributed by atoms with E-state index in [4.69, 9.17) is 5.11 Å². The zero-order valence-electron chi connectivity index (χ0n) is 11.2. The van der Waals surface area contributed by atoms with Crippen molar-refractivity contribution in [1.29, 1.82) is 0 Å². The van der Waals surface area contributed by atoms with E-state index < -0.39 is 12.0 Å². The number of carboxylic acid groups (broad SMARTS) is 1. The smallest absolute Gasteiger partial charge is 0.337 e. The van der Waals surface area contributed by atoms with Gasteiger partial charge < -0.3 is 15.7 Å². The fourth-order valence-electron chi connectivity index (χ4n) is 1.85. The summed E-state index contributed by atoms with van der Waals surface area (Å²) in [6, 6.07) is 11.7. The van der Waals surface area contributed by atoms with Gasteiger partial charge in [-0.25, -0.2) is 9.59 Å². The SMILES string of the molecule is Cc1cccc(C(=O)O)c1NC(=O)Nc1cccc(I)c1. The summed E-state index contributed by atoms with van der Waals surface area (Å²) in [5, 5.41) is 14.4. The van der Waals surface area contributed by atoms with E-state index in [0.717, 1.165) is 3.57 Å². The molecule has 0 saturated carbocycles. The molecule has 0 aliphatic rings. The van der Waals surface area contributed by atoms with Crippen LogP contribution >= 0.6 is 22.6 Å². The lowest BCUT2D eigenvalue weighted by Gasteiger charge is -2.12. The van der Waals surface area contributed by atoms with Crippen molar-refractivity contribution in [3.05, 3.63) is 57.2 Å². The van der Waals surface area contributed by atoms with E-state index in [0.29, 0.717) is 16.9 Å². The van der Waals surface area contributed by atoms with Crippen LogP contribution in [0.5, 0.6) is 0 Å². The van der Waals surface area contributed by atoms with E-state index >= 15 is 0 Å². The van der Waals surface area contributed by atoms with Gasteiger partial charge in [-0.15, -0.1) is 0 Å². The van der Waals surface area contributed by atoms with E-state index in [1.54, 1.807) is 25.1 Å². The summed E-state index contributed by atoms with van der Waals surface area (Å²) in [4.78, 5) is 23.2. The quantitative estimate of drug-likeness (QED) is 0.688. The van der Waals surface area contributed by atoms with Crippen LogP contribution in [0, 0.1) is 10.5 Å². The van der Waals surface area contributed by atoms with Gasteiger partial charge in [0.2, 0.25) is 0 Å². The minimum atomic E-state index is -1.08. The molecule has 0 unspecified atom stereocenters. The first-order valence-corrected chi connectivity index (χ1v) is 7.21. The highest BCUT2D eigenvalue weighted by Crippen LogP contribution is 2.21. The lowest BCUT2D eigenvalue weighted by molar-refractivity contribution is 0.0698. The molecule has 5 nitrogen and oxygen atoms in total. The number of urea groups is 1. The number of amides is 2. The predicted molar refractivity (Wildman–Crippen MR) is 89.9 cm³/mol. The highest BCUT2D eigenvalue weighted by molar-refractivity contribution is 14.1. The second-order valence-corrected chi connectivity index (χ2v) is 5.64. The third-order valence-corrected chi connectivity index (χ3v) is 3.50. The van der Waals surface area contributed by atoms with Gasteiger partial charge >= 0.3 is 12.0 Å². The van der Waals surface area contributed by atoms with Gasteiger partial charge in [0.1, 0.15) is 0 Å². The molecule has 3 N–H and O–H groups in total. The van der Waals surface area contributed by atoms with E-state index in [-0.39, 0.29) is 5.56 Å². The maximum absolute atomic E-state index is 12.0. The number of hydrogen-bond acceptors (Lipinski definition) is 2. The molecule has 0 bridgehead atoms. The number of hydrogen-bond donors (Lipinski definition) is 3. The topological polar surface area (TPSA) is 78.4 Å². The summed E-state index contributed by atoms with van der Waals surface area (Å²) >= 11 is 2.15. The molecule has 0 aliphatic carbocycles. The van der Waals surface area contributed by atoms with Gasteiger partial charge in [0, 0.05) is 9.26 Å². The van der Waals surface area contributed by atoms with E-state index in [9.17, 15) is 9.59 Å². The van der Waals surface area contributed by atoms with Crippen LogP contribution < -0.4 is 10.6 Å². The molecule has 6 heteroatoms. The zero-order chi connectivity index (χ0) is 15.4. The molecule has 0 fully saturated rings. The predicted octanol–water partition coefficient (Wildman–Crippen LogP) is 3.94. The van der Waals surface area contributed by atoms with Crippen LogP contribution in [0.2, 0.25) is 0 Å². The third kappa shape index (κ3) is 3.94. The Labute approximate surface area is 135 Å². The Morgan fingerprint density at radius 1 is 1.10 bits per heavy atom. The highest BCUT2D eigenvalue weighted by atomic mass is 127. The molecule has 0 radical (unpaired) electrons. The van der Waals surface area contributed by atoms with Crippen molar-refractivity contribution in [2.75, 3.05) is 10.6 Å². The largest absolute Gasteiger partial charge is 0.478 e. The van der Waals surface area contributed by atoms with Crippen LogP contribution in [0.25, 0.3) is 0 Å². The van der Waals surface area contributed by atoms with Crippen molar-refractivity contribution in [1.82, 2.24) is 0 Å². The minimum absolute atomic E-state index is 0.0628. The third-order valence-electron chi connectivity index (χ3n) is 2.82. The Morgan fingerprint density at radius 3 is 2.48 bits per heavy atom. The summed E-state index contributed by atoms with van der Waals surface area (Å²) in [6.45, 7) is 1.74. The average Bonchev–Trinajstić information content (AvgIpc) is 2.40. The van der Waals surface area contributed by atoms with E-state index in [2.05, 4.69) is 33.2 Å². The molecule has 0 aromatic heterocycles. The number of aryl methyl sites for hydroxylation is 1. The average molecular weight is 396 g/mol. The number of aromatic carboxylic acids is 1. The number of carboxylic acids is 1. The summed E-state index contributed by atoms with van der Waals surface area (Å²) in [6.07, 6.45) is 0. The van der Waals surface area contributed by atoms with E-state index in [1.165, 1.54) is 6.07 Å². The second kappa shape index (κ2) is 6.57. The van der Waals surface area contributed by atoms with Crippen molar-refractivity contribution in [2.24, 2.45) is 0 Å². The van der Waals surface area contributed by atoms with Crippen molar-refractivity contribution in [3.63, 3.8) is 0 Å². The van der Waals surface area contributed by atoms with Crippen LogP contribution in [-0.2, 0) is 0 Å². The number of benzene rings is 2. The first kappa shape index (κ1) is 15.3. The maximum Gasteiger partial charge on any atom is 0.337 e. The fourth-order valence-corrected chi connectivity index (χ4v) is 2.40. The van der Waals surface area contributed by atoms with Gasteiger partial charge in [0.05, 0.1) is 11.3 Å². The van der Waals surface area contributed by atoms with Crippen LogP contribution in [-0.4, -0.2) is 17.1 Å². The van der Waals surface area contributed by atoms with Crippen molar-refractivity contribution in [3.8, 4) is 0 Å². The summed E-state index contributed by atoms with van der Waals surface area (Å²) in [5.74, 6) is -1.08. The number of carbonyl (C=O) groups is 2. The van der Waals surface area contributed by atoms with Gasteiger partial charge in [-0.3, -0.25) is 0 Å². The number of halogens is 1. The molecule has 2 aromatic carbocycles. The normalized spacial score (nSPS) is 10.0. The molecule has 0 heterocycles. The van der Waals surface area contributed by atoms with Crippen LogP contribution in [0.3, 0.4) is 0 Å². The van der Waals surface area contributed by atoms with Crippen LogP contribution in [0.4, 0.5) is 16.2 Å². The molecule has 2 amide bonds. The van der Waals surface area contributed by atoms with Crippen molar-refractivity contribution in [2.45, 2.75) is 6.92 Å². The molecule has 0 spiro atoms. The molecule has 108 valence electrons. The number of rotatable bonds is 3. The Morgan fingerprint density at radius 2 is 1.81 bits per heavy atom. The molecular formula is C15H13IN2O3. The number of nitrogens with one attached hydrogen (secondary N) is 2. The molecule has 2 rings (SSSR count). The fraction of sp³-hybridized carbons (Fsp3) is 0.0667. The van der Waals surface area contributed by atoms with Gasteiger partial charge in [0.25, 0.3) is 0 Å². The van der Waals surface area contributed by atoms with Crippen LogP contribution in [0.1, 0.15) is 15.9 Å². The van der Waals surface area contributed by atoms with Gasteiger partial charge in [-0.2, -0.15) is 0 Å². The monoisotopic (exact) mass is 396 g/mol. The lowest BCUT2D eigenvalue weighted by Crippen LogP contribution is -2.21. The lowest BCUT2D eigenvalue weighted by atomic mass is 10.1. The van der Waals surface area contributed by atoms with Crippen LogP contribution in [0.15, 0.2) is 42.5 Å². The number of anilines is 2. The van der Waals surface area contributed by atoms with Gasteiger partial charge in [-0.05, 0) is 59.3 Å². The molecule has 21 heavy (non-hydrogen) atoms. The Kier molecular flexibility index (Phi) is 4.79. The Bertz CT molecular complexity index is 701. The molecule has 0 atom stereocenters. The van der Waals surface area contributed by atoms with Crippen molar-refractivity contribution < 1.29 is 14.7 Å². The first-order valence-electron chi connectivity index (χ1n) is 6.14. The van der Waals surface area contributed by atoms with Gasteiger partial charge in [-0.1, -0.05) is 18.2 Å². The molecule has 0 aliphatic heterocycles. The zero-order valence-corrected chi connectivity index (χ0v) is 13.3. The second-order valence-electron chi connectivity index (χ2n) is 4.39. The summed E-state index contributed by atoms with van der Waals surface area (Å²) in [7, 11) is 0. The Hall–Kier alpha value is -2.09.